The number of aromatic nitrogens is 2. The molecule has 1 aromatic rings. The van der Waals surface area contributed by atoms with Gasteiger partial charge in [0, 0.05) is 26.6 Å². The number of carbonyl (C=O) groups excluding carboxylic acids is 2. The van der Waals surface area contributed by atoms with Crippen LogP contribution in [0.5, 0.6) is 0 Å². The summed E-state index contributed by atoms with van der Waals surface area (Å²) in [5.41, 5.74) is 1.49. The van der Waals surface area contributed by atoms with Gasteiger partial charge in [-0.25, -0.2) is 0 Å². The summed E-state index contributed by atoms with van der Waals surface area (Å²) in [7, 11) is 0. The average molecular weight is 320 g/mol. The third kappa shape index (κ3) is 2.97. The highest BCUT2D eigenvalue weighted by molar-refractivity contribution is 5.95. The molecule has 0 aliphatic carbocycles. The lowest BCUT2D eigenvalue weighted by Crippen LogP contribution is -2.61. The Kier molecular flexibility index (Phi) is 4.39. The van der Waals surface area contributed by atoms with Crippen LogP contribution >= 0.6 is 0 Å². The number of hydrogen-bond donors (Lipinski definition) is 1. The van der Waals surface area contributed by atoms with Crippen LogP contribution in [0.3, 0.4) is 0 Å². The van der Waals surface area contributed by atoms with Crippen molar-refractivity contribution in [3.8, 4) is 0 Å². The first-order valence-corrected chi connectivity index (χ1v) is 8.20. The molecule has 23 heavy (non-hydrogen) atoms. The van der Waals surface area contributed by atoms with Gasteiger partial charge in [-0.2, -0.15) is 5.10 Å². The molecular weight excluding hydrogens is 296 g/mol. The first kappa shape index (κ1) is 16.0. The van der Waals surface area contributed by atoms with E-state index in [0.29, 0.717) is 31.8 Å². The lowest BCUT2D eigenvalue weighted by Gasteiger charge is -2.46. The number of nitrogens with one attached hydrogen (secondary N) is 1. The number of amides is 2. The number of fused-ring (bicyclic) bond motifs is 1. The second-order valence-electron chi connectivity index (χ2n) is 6.58. The summed E-state index contributed by atoms with van der Waals surface area (Å²) in [6.45, 7) is 7.98. The first-order valence-electron chi connectivity index (χ1n) is 8.20. The van der Waals surface area contributed by atoms with Crippen LogP contribution < -0.4 is 0 Å². The van der Waals surface area contributed by atoms with Gasteiger partial charge in [-0.05, 0) is 12.3 Å². The van der Waals surface area contributed by atoms with Crippen LogP contribution in [0.15, 0.2) is 6.20 Å². The summed E-state index contributed by atoms with van der Waals surface area (Å²) >= 11 is 0. The molecule has 7 nitrogen and oxygen atoms in total. The molecule has 0 aromatic carbocycles. The fourth-order valence-electron chi connectivity index (χ4n) is 3.52. The normalized spacial score (nSPS) is 24.7. The molecular formula is C16H24N4O3. The van der Waals surface area contributed by atoms with Gasteiger partial charge >= 0.3 is 0 Å². The van der Waals surface area contributed by atoms with Crippen molar-refractivity contribution < 1.29 is 14.3 Å². The molecule has 1 aromatic heterocycles. The monoisotopic (exact) mass is 320 g/mol. The third-order valence-corrected chi connectivity index (χ3v) is 4.75. The zero-order valence-corrected chi connectivity index (χ0v) is 13.9. The van der Waals surface area contributed by atoms with Crippen molar-refractivity contribution >= 4 is 11.8 Å². The van der Waals surface area contributed by atoms with Crippen molar-refractivity contribution in [2.75, 3.05) is 26.2 Å². The van der Waals surface area contributed by atoms with Gasteiger partial charge in [-0.3, -0.25) is 14.7 Å². The van der Waals surface area contributed by atoms with E-state index in [9.17, 15) is 9.59 Å². The van der Waals surface area contributed by atoms with Gasteiger partial charge in [-0.1, -0.05) is 13.8 Å². The van der Waals surface area contributed by atoms with Crippen LogP contribution in [0.4, 0.5) is 0 Å². The molecule has 2 fully saturated rings. The fourth-order valence-corrected chi connectivity index (χ4v) is 3.52. The quantitative estimate of drug-likeness (QED) is 0.881. The van der Waals surface area contributed by atoms with Gasteiger partial charge in [-0.15, -0.1) is 0 Å². The molecule has 0 spiro atoms. The molecule has 2 unspecified atom stereocenters. The molecule has 2 amide bonds. The second kappa shape index (κ2) is 6.31. The zero-order chi connectivity index (χ0) is 16.6. The Hall–Kier alpha value is -1.89. The van der Waals surface area contributed by atoms with E-state index in [4.69, 9.17) is 4.74 Å². The largest absolute Gasteiger partial charge is 0.374 e. The lowest BCUT2D eigenvalue weighted by atomic mass is 9.97. The molecule has 1 N–H and O–H groups in total. The average Bonchev–Trinajstić information content (AvgIpc) is 3.02. The van der Waals surface area contributed by atoms with E-state index in [-0.39, 0.29) is 29.9 Å². The molecule has 3 heterocycles. The van der Waals surface area contributed by atoms with Crippen molar-refractivity contribution in [3.63, 3.8) is 0 Å². The summed E-state index contributed by atoms with van der Waals surface area (Å²) in [5.74, 6) is 0.236. The first-order chi connectivity index (χ1) is 11.0. The molecule has 126 valence electrons. The standard InChI is InChI=1S/C16H24N4O3/c1-10(2)15-12(8-17-18-15)16(22)19-5-4-14-13(9-19)20(11(3)21)6-7-23-14/h8,10,13-14H,4-7,9H2,1-3H3,(H,17,18). The van der Waals surface area contributed by atoms with E-state index in [1.807, 2.05) is 23.6 Å². The minimum Gasteiger partial charge on any atom is -0.374 e. The number of aromatic amines is 1. The van der Waals surface area contributed by atoms with Crippen LogP contribution in [0, 0.1) is 0 Å². The number of H-pyrrole nitrogens is 1. The molecule has 7 heteroatoms. The van der Waals surface area contributed by atoms with Crippen LogP contribution in [0.2, 0.25) is 0 Å². The number of rotatable bonds is 2. The van der Waals surface area contributed by atoms with E-state index in [2.05, 4.69) is 10.2 Å². The smallest absolute Gasteiger partial charge is 0.257 e. The van der Waals surface area contributed by atoms with E-state index >= 15 is 0 Å². The number of piperidine rings is 1. The summed E-state index contributed by atoms with van der Waals surface area (Å²) in [6.07, 6.45) is 2.39. The number of carbonyl (C=O) groups is 2. The highest BCUT2D eigenvalue weighted by Crippen LogP contribution is 2.25. The predicted octanol–water partition coefficient (Wildman–Crippen LogP) is 0.995. The maximum atomic E-state index is 12.9. The van der Waals surface area contributed by atoms with Gasteiger partial charge in [0.15, 0.2) is 0 Å². The van der Waals surface area contributed by atoms with E-state index < -0.39 is 0 Å². The van der Waals surface area contributed by atoms with Crippen LogP contribution in [-0.2, 0) is 9.53 Å². The number of morpholine rings is 1. The van der Waals surface area contributed by atoms with Crippen molar-refractivity contribution in [2.24, 2.45) is 0 Å². The molecule has 2 atom stereocenters. The van der Waals surface area contributed by atoms with Crippen molar-refractivity contribution in [3.05, 3.63) is 17.5 Å². The van der Waals surface area contributed by atoms with Crippen molar-refractivity contribution in [2.45, 2.75) is 45.3 Å². The SMILES string of the molecule is CC(=O)N1CCOC2CCN(C(=O)c3cn[nH]c3C(C)C)CC21. The van der Waals surface area contributed by atoms with Gasteiger partial charge in [0.05, 0.1) is 36.2 Å². The molecule has 0 bridgehead atoms. The van der Waals surface area contributed by atoms with Crippen molar-refractivity contribution in [1.29, 1.82) is 0 Å². The summed E-state index contributed by atoms with van der Waals surface area (Å²) < 4.78 is 5.79. The van der Waals surface area contributed by atoms with Crippen LogP contribution in [0.25, 0.3) is 0 Å². The van der Waals surface area contributed by atoms with Gasteiger partial charge in [0.2, 0.25) is 5.91 Å². The van der Waals surface area contributed by atoms with E-state index in [1.54, 1.807) is 13.1 Å². The topological polar surface area (TPSA) is 78.5 Å². The fraction of sp³-hybridized carbons (Fsp3) is 0.688. The van der Waals surface area contributed by atoms with E-state index in [1.165, 1.54) is 0 Å². The summed E-state index contributed by atoms with van der Waals surface area (Å²) in [5, 5.41) is 6.94. The van der Waals surface area contributed by atoms with Crippen LogP contribution in [0.1, 0.15) is 49.2 Å². The second-order valence-corrected chi connectivity index (χ2v) is 6.58. The number of hydrogen-bond acceptors (Lipinski definition) is 4. The molecule has 0 radical (unpaired) electrons. The zero-order valence-electron chi connectivity index (χ0n) is 13.9. The van der Waals surface area contributed by atoms with Gasteiger partial charge in [0.1, 0.15) is 0 Å². The minimum atomic E-state index is -0.0478. The molecule has 0 saturated carbocycles. The summed E-state index contributed by atoms with van der Waals surface area (Å²) in [4.78, 5) is 28.4. The maximum absolute atomic E-state index is 12.9. The maximum Gasteiger partial charge on any atom is 0.257 e. The Balaban J connectivity index is 1.78. The lowest BCUT2D eigenvalue weighted by molar-refractivity contribution is -0.149. The highest BCUT2D eigenvalue weighted by Gasteiger charge is 2.40. The highest BCUT2D eigenvalue weighted by atomic mass is 16.5. The van der Waals surface area contributed by atoms with Crippen LogP contribution in [-0.4, -0.2) is 70.2 Å². The Morgan fingerprint density at radius 3 is 2.87 bits per heavy atom. The Labute approximate surface area is 136 Å². The summed E-state index contributed by atoms with van der Waals surface area (Å²) in [6, 6.07) is -0.0478. The van der Waals surface area contributed by atoms with Gasteiger partial charge in [0.25, 0.3) is 5.91 Å². The van der Waals surface area contributed by atoms with Gasteiger partial charge < -0.3 is 14.5 Å². The minimum absolute atomic E-state index is 0.0185. The Morgan fingerprint density at radius 1 is 1.39 bits per heavy atom. The number of nitrogens with zero attached hydrogens (tertiary/aromatic N) is 3. The molecule has 2 aliphatic rings. The molecule has 3 rings (SSSR count). The number of ether oxygens (including phenoxy) is 1. The predicted molar refractivity (Wildman–Crippen MR) is 84.1 cm³/mol. The third-order valence-electron chi connectivity index (χ3n) is 4.75. The van der Waals surface area contributed by atoms with E-state index in [0.717, 1.165) is 12.1 Å². The molecule has 2 saturated heterocycles. The Bertz CT molecular complexity index is 598. The number of likely N-dealkylation sites (tertiary alicyclic amines) is 1. The molecule has 2 aliphatic heterocycles. The Morgan fingerprint density at radius 2 is 2.17 bits per heavy atom. The van der Waals surface area contributed by atoms with Crippen molar-refractivity contribution in [1.82, 2.24) is 20.0 Å².